The molecule has 3 rings (SSSR count). The Labute approximate surface area is 174 Å². The smallest absolute Gasteiger partial charge is 0.328 e. The summed E-state index contributed by atoms with van der Waals surface area (Å²) in [6, 6.07) is 13.9. The van der Waals surface area contributed by atoms with E-state index in [0.717, 1.165) is 5.56 Å². The molecule has 1 fully saturated rings. The fourth-order valence-electron chi connectivity index (χ4n) is 3.21. The van der Waals surface area contributed by atoms with Crippen LogP contribution in [0.1, 0.15) is 37.3 Å². The Balaban J connectivity index is 1.82. The highest BCUT2D eigenvalue weighted by Crippen LogP contribution is 2.41. The molecule has 1 heterocycles. The van der Waals surface area contributed by atoms with Gasteiger partial charge in [-0.25, -0.2) is 4.79 Å². The number of benzene rings is 2. The molecule has 0 spiro atoms. The van der Waals surface area contributed by atoms with Gasteiger partial charge in [-0.1, -0.05) is 45.0 Å². The van der Waals surface area contributed by atoms with Crippen molar-refractivity contribution in [2.45, 2.75) is 37.6 Å². The number of carboxylic acid groups (broad SMARTS) is 1. The molecule has 0 saturated carbocycles. The number of aliphatic carboxylic acids is 1. The third kappa shape index (κ3) is 4.74. The fourth-order valence-corrected chi connectivity index (χ4v) is 4.42. The van der Waals surface area contributed by atoms with E-state index in [1.807, 2.05) is 42.5 Å². The summed E-state index contributed by atoms with van der Waals surface area (Å²) < 4.78 is 5.96. The monoisotopic (exact) mass is 415 g/mol. The van der Waals surface area contributed by atoms with E-state index in [0.29, 0.717) is 11.5 Å². The molecule has 1 aliphatic rings. The molecular formula is C22H25NO5S. The Morgan fingerprint density at radius 1 is 1.21 bits per heavy atom. The van der Waals surface area contributed by atoms with Crippen LogP contribution in [0.5, 0.6) is 11.5 Å². The van der Waals surface area contributed by atoms with Gasteiger partial charge in [0, 0.05) is 0 Å². The van der Waals surface area contributed by atoms with Crippen molar-refractivity contribution in [2.24, 2.45) is 0 Å². The molecule has 29 heavy (non-hydrogen) atoms. The van der Waals surface area contributed by atoms with Gasteiger partial charge in [-0.15, -0.1) is 11.8 Å². The highest BCUT2D eigenvalue weighted by molar-refractivity contribution is 8.00. The van der Waals surface area contributed by atoms with Crippen LogP contribution in [0.3, 0.4) is 0 Å². The largest absolute Gasteiger partial charge is 0.480 e. The molecule has 0 aliphatic carbocycles. The first-order valence-electron chi connectivity index (χ1n) is 9.35. The number of carboxylic acids is 1. The minimum Gasteiger partial charge on any atom is -0.480 e. The molecule has 2 aromatic carbocycles. The lowest BCUT2D eigenvalue weighted by Crippen LogP contribution is -2.45. The van der Waals surface area contributed by atoms with E-state index in [1.54, 1.807) is 6.07 Å². The van der Waals surface area contributed by atoms with Gasteiger partial charge >= 0.3 is 5.97 Å². The maximum atomic E-state index is 12.3. The van der Waals surface area contributed by atoms with Crippen molar-refractivity contribution < 1.29 is 24.5 Å². The van der Waals surface area contributed by atoms with Gasteiger partial charge in [0.25, 0.3) is 0 Å². The predicted molar refractivity (Wildman–Crippen MR) is 112 cm³/mol. The Hall–Kier alpha value is -2.51. The van der Waals surface area contributed by atoms with Crippen LogP contribution in [0, 0.1) is 0 Å². The van der Waals surface area contributed by atoms with Crippen LogP contribution in [-0.4, -0.2) is 45.4 Å². The van der Waals surface area contributed by atoms with Crippen LogP contribution in [0.4, 0.5) is 0 Å². The quantitative estimate of drug-likeness (QED) is 0.746. The van der Waals surface area contributed by atoms with Crippen LogP contribution in [0.15, 0.2) is 48.5 Å². The van der Waals surface area contributed by atoms with Crippen molar-refractivity contribution in [2.75, 3.05) is 12.4 Å². The van der Waals surface area contributed by atoms with Crippen LogP contribution in [0.25, 0.3) is 0 Å². The molecule has 0 bridgehead atoms. The first kappa shape index (κ1) is 21.2. The normalized spacial score (nSPS) is 18.0. The summed E-state index contributed by atoms with van der Waals surface area (Å²) in [4.78, 5) is 24.9. The maximum absolute atomic E-state index is 12.3. The number of nitrogens with zero attached hydrogens (tertiary/aromatic N) is 1. The van der Waals surface area contributed by atoms with Crippen molar-refractivity contribution in [1.82, 2.24) is 4.90 Å². The van der Waals surface area contributed by atoms with Gasteiger partial charge in [0.1, 0.15) is 16.9 Å². The van der Waals surface area contributed by atoms with Crippen molar-refractivity contribution in [3.8, 4) is 11.5 Å². The van der Waals surface area contributed by atoms with E-state index >= 15 is 0 Å². The zero-order valence-electron chi connectivity index (χ0n) is 16.7. The van der Waals surface area contributed by atoms with Crippen LogP contribution >= 0.6 is 11.8 Å². The SMILES string of the molecule is CC(C)(C)c1ccc(Oc2cccc(C3SCC(=O)N3[C@@H](CO)C(=O)O)c2)cc1. The first-order chi connectivity index (χ1) is 13.7. The van der Waals surface area contributed by atoms with E-state index in [9.17, 15) is 19.8 Å². The molecule has 1 aliphatic heterocycles. The number of hydrogen-bond donors (Lipinski definition) is 2. The lowest BCUT2D eigenvalue weighted by atomic mass is 9.87. The van der Waals surface area contributed by atoms with Crippen LogP contribution < -0.4 is 4.74 Å². The third-order valence-electron chi connectivity index (χ3n) is 4.80. The predicted octanol–water partition coefficient (Wildman–Crippen LogP) is 3.80. The van der Waals surface area contributed by atoms with Crippen LogP contribution in [-0.2, 0) is 15.0 Å². The number of amides is 1. The molecule has 1 unspecified atom stereocenters. The number of thioether (sulfide) groups is 1. The zero-order valence-corrected chi connectivity index (χ0v) is 17.5. The Morgan fingerprint density at radius 2 is 1.90 bits per heavy atom. The average molecular weight is 416 g/mol. The molecule has 1 amide bonds. The summed E-state index contributed by atoms with van der Waals surface area (Å²) in [7, 11) is 0. The van der Waals surface area contributed by atoms with Gasteiger partial charge in [-0.3, -0.25) is 4.79 Å². The van der Waals surface area contributed by atoms with E-state index in [1.165, 1.54) is 22.2 Å². The van der Waals surface area contributed by atoms with Gasteiger partial charge in [0.15, 0.2) is 6.04 Å². The number of carbonyl (C=O) groups is 2. The summed E-state index contributed by atoms with van der Waals surface area (Å²) in [5.74, 6) is -0.0544. The van der Waals surface area contributed by atoms with Crippen LogP contribution in [0.2, 0.25) is 0 Å². The van der Waals surface area contributed by atoms with E-state index in [2.05, 4.69) is 20.8 Å². The molecule has 1 saturated heterocycles. The van der Waals surface area contributed by atoms with Gasteiger partial charge in [0.2, 0.25) is 5.91 Å². The molecule has 2 aromatic rings. The number of hydrogen-bond acceptors (Lipinski definition) is 5. The van der Waals surface area contributed by atoms with Gasteiger partial charge in [0.05, 0.1) is 12.4 Å². The molecule has 7 heteroatoms. The van der Waals surface area contributed by atoms with E-state index < -0.39 is 24.0 Å². The maximum Gasteiger partial charge on any atom is 0.328 e. The third-order valence-corrected chi connectivity index (χ3v) is 6.03. The summed E-state index contributed by atoms with van der Waals surface area (Å²) in [6.07, 6.45) is 0. The zero-order chi connectivity index (χ0) is 21.2. The summed E-state index contributed by atoms with van der Waals surface area (Å²) in [5, 5.41) is 18.3. The van der Waals surface area contributed by atoms with E-state index in [-0.39, 0.29) is 17.1 Å². The minimum absolute atomic E-state index is 0.0571. The molecule has 6 nitrogen and oxygen atoms in total. The number of aliphatic hydroxyl groups is 1. The van der Waals surface area contributed by atoms with Gasteiger partial charge in [-0.2, -0.15) is 0 Å². The lowest BCUT2D eigenvalue weighted by molar-refractivity contribution is -0.151. The summed E-state index contributed by atoms with van der Waals surface area (Å²) >= 11 is 1.34. The second-order valence-electron chi connectivity index (χ2n) is 7.95. The standard InChI is InChI=1S/C22H25NO5S/c1-22(2,3)15-7-9-16(10-8-15)28-17-6-4-5-14(11-17)20-23(19(25)13-29-20)18(12-24)21(26)27/h4-11,18,20,24H,12-13H2,1-3H3,(H,26,27)/t18-,20?/m0/s1. The second-order valence-corrected chi connectivity index (χ2v) is 9.02. The Morgan fingerprint density at radius 3 is 2.48 bits per heavy atom. The molecule has 0 radical (unpaired) electrons. The highest BCUT2D eigenvalue weighted by Gasteiger charge is 2.40. The molecule has 2 N–H and O–H groups in total. The topological polar surface area (TPSA) is 87.1 Å². The van der Waals surface area contributed by atoms with Crippen molar-refractivity contribution in [3.05, 3.63) is 59.7 Å². The van der Waals surface area contributed by atoms with Crippen molar-refractivity contribution in [1.29, 1.82) is 0 Å². The Kier molecular flexibility index (Phi) is 6.19. The van der Waals surface area contributed by atoms with Gasteiger partial charge in [-0.05, 0) is 40.8 Å². The molecule has 2 atom stereocenters. The lowest BCUT2D eigenvalue weighted by Gasteiger charge is -2.29. The second kappa shape index (κ2) is 8.47. The highest BCUT2D eigenvalue weighted by atomic mass is 32.2. The molecule has 0 aromatic heterocycles. The van der Waals surface area contributed by atoms with Gasteiger partial charge < -0.3 is 19.8 Å². The fraction of sp³-hybridized carbons (Fsp3) is 0.364. The van der Waals surface area contributed by atoms with Crippen molar-refractivity contribution in [3.63, 3.8) is 0 Å². The van der Waals surface area contributed by atoms with Crippen molar-refractivity contribution >= 4 is 23.6 Å². The molecular weight excluding hydrogens is 390 g/mol. The summed E-state index contributed by atoms with van der Waals surface area (Å²) in [6.45, 7) is 5.81. The number of aliphatic hydroxyl groups excluding tert-OH is 1. The number of rotatable bonds is 6. The first-order valence-corrected chi connectivity index (χ1v) is 10.4. The number of carbonyl (C=O) groups excluding carboxylic acids is 1. The Bertz CT molecular complexity index is 891. The summed E-state index contributed by atoms with van der Waals surface area (Å²) in [5.41, 5.74) is 2.02. The number of ether oxygens (including phenoxy) is 1. The molecule has 154 valence electrons. The minimum atomic E-state index is -1.27. The van der Waals surface area contributed by atoms with E-state index in [4.69, 9.17) is 4.74 Å². The average Bonchev–Trinajstić information content (AvgIpc) is 3.03.